The number of nitrogens with one attached hydrogen (secondary N) is 1. The average molecular weight is 301 g/mol. The van der Waals surface area contributed by atoms with E-state index in [2.05, 4.69) is 52.2 Å². The van der Waals surface area contributed by atoms with E-state index in [4.69, 9.17) is 0 Å². The first-order valence-electron chi connectivity index (χ1n) is 5.32. The zero-order valence-corrected chi connectivity index (χ0v) is 10.5. The molecule has 0 aromatic heterocycles. The molecule has 1 nitrogen and oxygen atoms in total. The minimum Gasteiger partial charge on any atom is -0.314 e. The van der Waals surface area contributed by atoms with Gasteiger partial charge in [0.25, 0.3) is 0 Å². The highest BCUT2D eigenvalue weighted by atomic mass is 127. The summed E-state index contributed by atoms with van der Waals surface area (Å²) in [6.07, 6.45) is 5.27. The molecule has 1 heterocycles. The van der Waals surface area contributed by atoms with E-state index >= 15 is 0 Å². The van der Waals surface area contributed by atoms with Crippen LogP contribution in [0.2, 0.25) is 0 Å². The van der Waals surface area contributed by atoms with Crippen molar-refractivity contribution in [3.05, 3.63) is 33.4 Å². The van der Waals surface area contributed by atoms with Crippen LogP contribution < -0.4 is 5.32 Å². The van der Waals surface area contributed by atoms with Gasteiger partial charge >= 0.3 is 0 Å². The molecule has 1 saturated heterocycles. The van der Waals surface area contributed by atoms with E-state index in [1.165, 1.54) is 41.4 Å². The van der Waals surface area contributed by atoms with Crippen LogP contribution in [-0.2, 0) is 6.42 Å². The minimum atomic E-state index is 0.710. The number of hydrogen-bond donors (Lipinski definition) is 1. The van der Waals surface area contributed by atoms with Crippen molar-refractivity contribution in [1.29, 1.82) is 0 Å². The molecular formula is C12H16IN. The maximum atomic E-state index is 3.58. The van der Waals surface area contributed by atoms with Crippen molar-refractivity contribution in [3.63, 3.8) is 0 Å². The maximum Gasteiger partial charge on any atom is 0.0133 e. The lowest BCUT2D eigenvalue weighted by atomic mass is 9.98. The Kier molecular flexibility index (Phi) is 3.81. The first-order chi connectivity index (χ1) is 6.84. The Hall–Kier alpha value is -0.0900. The third kappa shape index (κ3) is 2.95. The van der Waals surface area contributed by atoms with Gasteiger partial charge in [0.15, 0.2) is 0 Å². The van der Waals surface area contributed by atoms with Crippen LogP contribution >= 0.6 is 22.6 Å². The van der Waals surface area contributed by atoms with E-state index in [0.717, 1.165) is 0 Å². The summed E-state index contributed by atoms with van der Waals surface area (Å²) in [5.41, 5.74) is 1.47. The Morgan fingerprint density at radius 2 is 2.29 bits per heavy atom. The van der Waals surface area contributed by atoms with Gasteiger partial charge in [-0.25, -0.2) is 0 Å². The first kappa shape index (κ1) is 10.4. The van der Waals surface area contributed by atoms with Crippen LogP contribution in [0.4, 0.5) is 0 Å². The molecule has 0 amide bonds. The Balaban J connectivity index is 1.95. The number of benzene rings is 1. The first-order valence-corrected chi connectivity index (χ1v) is 6.40. The van der Waals surface area contributed by atoms with Gasteiger partial charge in [-0.15, -0.1) is 0 Å². The van der Waals surface area contributed by atoms with Gasteiger partial charge in [-0.05, 0) is 66.1 Å². The van der Waals surface area contributed by atoms with Crippen LogP contribution in [-0.4, -0.2) is 12.6 Å². The summed E-state index contributed by atoms with van der Waals surface area (Å²) in [5, 5.41) is 3.58. The number of hydrogen-bond acceptors (Lipinski definition) is 1. The Morgan fingerprint density at radius 1 is 1.36 bits per heavy atom. The second-order valence-corrected chi connectivity index (χ2v) is 5.23. The largest absolute Gasteiger partial charge is 0.314 e. The normalized spacial score (nSPS) is 22.2. The summed E-state index contributed by atoms with van der Waals surface area (Å²) in [7, 11) is 0. The van der Waals surface area contributed by atoms with E-state index in [0.29, 0.717) is 6.04 Å². The molecule has 2 heteroatoms. The second kappa shape index (κ2) is 5.12. The molecule has 1 fully saturated rings. The number of piperidine rings is 1. The predicted molar refractivity (Wildman–Crippen MR) is 68.5 cm³/mol. The van der Waals surface area contributed by atoms with E-state index in [1.54, 1.807) is 0 Å². The zero-order chi connectivity index (χ0) is 9.80. The Labute approximate surface area is 99.4 Å². The monoisotopic (exact) mass is 301 g/mol. The molecule has 14 heavy (non-hydrogen) atoms. The summed E-state index contributed by atoms with van der Waals surface area (Å²) in [6.45, 7) is 1.20. The summed E-state index contributed by atoms with van der Waals surface area (Å²) in [4.78, 5) is 0. The van der Waals surface area contributed by atoms with Crippen LogP contribution in [0.25, 0.3) is 0 Å². The molecule has 0 saturated carbocycles. The van der Waals surface area contributed by atoms with Gasteiger partial charge in [-0.2, -0.15) is 0 Å². The molecule has 0 aliphatic carbocycles. The molecule has 1 aromatic carbocycles. The van der Waals surface area contributed by atoms with E-state index < -0.39 is 0 Å². The Morgan fingerprint density at radius 3 is 3.00 bits per heavy atom. The lowest BCUT2D eigenvalue weighted by Gasteiger charge is -2.23. The van der Waals surface area contributed by atoms with Crippen molar-refractivity contribution in [1.82, 2.24) is 5.32 Å². The molecule has 0 bridgehead atoms. The molecule has 0 radical (unpaired) electrons. The maximum absolute atomic E-state index is 3.58. The van der Waals surface area contributed by atoms with E-state index in [1.807, 2.05) is 0 Å². The molecule has 1 atom stereocenters. The van der Waals surface area contributed by atoms with E-state index in [9.17, 15) is 0 Å². The Bertz CT molecular complexity index is 292. The summed E-state index contributed by atoms with van der Waals surface area (Å²) in [6, 6.07) is 9.54. The topological polar surface area (TPSA) is 12.0 Å². The quantitative estimate of drug-likeness (QED) is 0.828. The molecule has 0 spiro atoms. The molecule has 0 unspecified atom stereocenters. The van der Waals surface area contributed by atoms with Gasteiger partial charge in [-0.3, -0.25) is 0 Å². The molecule has 1 N–H and O–H groups in total. The molecule has 1 aliphatic heterocycles. The van der Waals surface area contributed by atoms with Crippen LogP contribution in [0.5, 0.6) is 0 Å². The van der Waals surface area contributed by atoms with Gasteiger partial charge in [0, 0.05) is 9.61 Å². The minimum absolute atomic E-state index is 0.710. The standard InChI is InChI=1S/C12H16IN/c13-11-5-3-4-10(8-11)9-12-6-1-2-7-14-12/h3-5,8,12,14H,1-2,6-7,9H2/t12-/m0/s1. The second-order valence-electron chi connectivity index (χ2n) is 3.98. The molecule has 1 aromatic rings. The molecular weight excluding hydrogens is 285 g/mol. The van der Waals surface area contributed by atoms with Crippen molar-refractivity contribution in [2.24, 2.45) is 0 Å². The van der Waals surface area contributed by atoms with E-state index in [-0.39, 0.29) is 0 Å². The molecule has 2 rings (SSSR count). The van der Waals surface area contributed by atoms with Gasteiger partial charge in [0.1, 0.15) is 0 Å². The molecule has 76 valence electrons. The fourth-order valence-electron chi connectivity index (χ4n) is 2.05. The van der Waals surface area contributed by atoms with Crippen LogP contribution in [0.1, 0.15) is 24.8 Å². The van der Waals surface area contributed by atoms with Gasteiger partial charge < -0.3 is 5.32 Å². The third-order valence-corrected chi connectivity index (χ3v) is 3.45. The summed E-state index contributed by atoms with van der Waals surface area (Å²) >= 11 is 2.38. The SMILES string of the molecule is Ic1cccc(C[C@@H]2CCCCN2)c1. The fourth-order valence-corrected chi connectivity index (χ4v) is 2.65. The van der Waals surface area contributed by atoms with Crippen molar-refractivity contribution < 1.29 is 0 Å². The highest BCUT2D eigenvalue weighted by Crippen LogP contribution is 2.14. The van der Waals surface area contributed by atoms with Crippen LogP contribution in [0.3, 0.4) is 0 Å². The van der Waals surface area contributed by atoms with Gasteiger partial charge in [0.2, 0.25) is 0 Å². The predicted octanol–water partition coefficient (Wildman–Crippen LogP) is 2.98. The number of rotatable bonds is 2. The van der Waals surface area contributed by atoms with Gasteiger partial charge in [-0.1, -0.05) is 18.6 Å². The smallest absolute Gasteiger partial charge is 0.0133 e. The van der Waals surface area contributed by atoms with Gasteiger partial charge in [0.05, 0.1) is 0 Å². The zero-order valence-electron chi connectivity index (χ0n) is 8.30. The van der Waals surface area contributed by atoms with Crippen molar-refractivity contribution in [2.75, 3.05) is 6.54 Å². The summed E-state index contributed by atoms with van der Waals surface area (Å²) in [5.74, 6) is 0. The number of halogens is 1. The molecule has 1 aliphatic rings. The lowest BCUT2D eigenvalue weighted by Crippen LogP contribution is -2.35. The van der Waals surface area contributed by atoms with Crippen LogP contribution in [0, 0.1) is 3.57 Å². The lowest BCUT2D eigenvalue weighted by molar-refractivity contribution is 0.399. The third-order valence-electron chi connectivity index (χ3n) is 2.78. The summed E-state index contributed by atoms with van der Waals surface area (Å²) < 4.78 is 1.34. The van der Waals surface area contributed by atoms with Crippen molar-refractivity contribution in [3.8, 4) is 0 Å². The highest BCUT2D eigenvalue weighted by molar-refractivity contribution is 14.1. The van der Waals surface area contributed by atoms with Crippen molar-refractivity contribution >= 4 is 22.6 Å². The fraction of sp³-hybridized carbons (Fsp3) is 0.500. The van der Waals surface area contributed by atoms with Crippen molar-refractivity contribution in [2.45, 2.75) is 31.7 Å². The average Bonchev–Trinajstić information content (AvgIpc) is 2.19. The highest BCUT2D eigenvalue weighted by Gasteiger charge is 2.12. The van der Waals surface area contributed by atoms with Crippen LogP contribution in [0.15, 0.2) is 24.3 Å².